The van der Waals surface area contributed by atoms with Crippen LogP contribution in [0.5, 0.6) is 0 Å². The molecule has 2 rings (SSSR count). The molecule has 0 saturated carbocycles. The zero-order chi connectivity index (χ0) is 13.1. The lowest BCUT2D eigenvalue weighted by atomic mass is 10.2. The number of fused-ring (bicyclic) bond motifs is 1. The van der Waals surface area contributed by atoms with Gasteiger partial charge in [0.15, 0.2) is 3.95 Å². The number of rotatable bonds is 4. The van der Waals surface area contributed by atoms with Crippen LogP contribution in [0.1, 0.15) is 12.8 Å². The van der Waals surface area contributed by atoms with Crippen LogP contribution >= 0.6 is 23.6 Å². The Labute approximate surface area is 111 Å². The Morgan fingerprint density at radius 2 is 2.17 bits per heavy atom. The molecule has 0 spiro atoms. The Bertz CT molecular complexity index is 660. The fourth-order valence-corrected chi connectivity index (χ4v) is 2.62. The molecular formula is C11H10N2O3S2. The van der Waals surface area contributed by atoms with E-state index in [1.807, 2.05) is 12.1 Å². The molecule has 2 aromatic rings. The van der Waals surface area contributed by atoms with Crippen molar-refractivity contribution in [2.24, 2.45) is 0 Å². The van der Waals surface area contributed by atoms with Crippen LogP contribution in [0.4, 0.5) is 5.69 Å². The van der Waals surface area contributed by atoms with E-state index >= 15 is 0 Å². The number of aliphatic carboxylic acids is 1. The molecule has 0 aliphatic heterocycles. The number of benzene rings is 1. The molecule has 0 saturated heterocycles. The molecule has 1 aromatic heterocycles. The number of aromatic amines is 1. The second-order valence-electron chi connectivity index (χ2n) is 3.67. The SMILES string of the molecule is O=C(O)CCC(=O)Nc1ccc2[nH]c(=S)sc2c1. The van der Waals surface area contributed by atoms with Gasteiger partial charge in [-0.25, -0.2) is 0 Å². The van der Waals surface area contributed by atoms with Crippen LogP contribution in [0.2, 0.25) is 0 Å². The first kappa shape index (κ1) is 12.7. The molecule has 5 nitrogen and oxygen atoms in total. The third-order valence-corrected chi connectivity index (χ3v) is 3.47. The molecular weight excluding hydrogens is 272 g/mol. The summed E-state index contributed by atoms with van der Waals surface area (Å²) in [7, 11) is 0. The van der Waals surface area contributed by atoms with Gasteiger partial charge in [-0.1, -0.05) is 0 Å². The maximum Gasteiger partial charge on any atom is 0.303 e. The summed E-state index contributed by atoms with van der Waals surface area (Å²) in [6, 6.07) is 5.39. The molecule has 3 N–H and O–H groups in total. The lowest BCUT2D eigenvalue weighted by Crippen LogP contribution is -2.12. The first-order chi connectivity index (χ1) is 8.54. The number of hydrogen-bond acceptors (Lipinski definition) is 4. The summed E-state index contributed by atoms with van der Waals surface area (Å²) in [6.07, 6.45) is -0.201. The van der Waals surface area contributed by atoms with Crippen molar-refractivity contribution in [3.05, 3.63) is 22.2 Å². The molecule has 0 aliphatic rings. The Morgan fingerprint density at radius 1 is 1.39 bits per heavy atom. The largest absolute Gasteiger partial charge is 0.481 e. The maximum atomic E-state index is 11.5. The van der Waals surface area contributed by atoms with Gasteiger partial charge in [-0.15, -0.1) is 11.3 Å². The topological polar surface area (TPSA) is 82.2 Å². The average Bonchev–Trinajstić information content (AvgIpc) is 2.66. The molecule has 7 heteroatoms. The molecule has 1 amide bonds. The Morgan fingerprint density at radius 3 is 2.89 bits per heavy atom. The van der Waals surface area contributed by atoms with E-state index in [0.717, 1.165) is 10.2 Å². The number of carbonyl (C=O) groups is 2. The van der Waals surface area contributed by atoms with E-state index in [0.29, 0.717) is 9.64 Å². The number of nitrogens with one attached hydrogen (secondary N) is 2. The van der Waals surface area contributed by atoms with Crippen molar-refractivity contribution >= 4 is 51.3 Å². The van der Waals surface area contributed by atoms with Gasteiger partial charge in [-0.3, -0.25) is 9.59 Å². The number of amides is 1. The zero-order valence-corrected chi connectivity index (χ0v) is 10.9. The summed E-state index contributed by atoms with van der Waals surface area (Å²) in [6.45, 7) is 0. The van der Waals surface area contributed by atoms with Crippen LogP contribution in [-0.4, -0.2) is 22.0 Å². The third-order valence-electron chi connectivity index (χ3n) is 2.27. The van der Waals surface area contributed by atoms with Crippen molar-refractivity contribution in [3.63, 3.8) is 0 Å². The van der Waals surface area contributed by atoms with Crippen molar-refractivity contribution in [1.29, 1.82) is 0 Å². The number of carbonyl (C=O) groups excluding carboxylic acids is 1. The highest BCUT2D eigenvalue weighted by molar-refractivity contribution is 7.73. The minimum atomic E-state index is -0.982. The van der Waals surface area contributed by atoms with Crippen LogP contribution < -0.4 is 5.32 Å². The first-order valence-electron chi connectivity index (χ1n) is 5.19. The summed E-state index contributed by atoms with van der Waals surface area (Å²) in [5.74, 6) is -1.29. The minimum Gasteiger partial charge on any atom is -0.481 e. The number of aromatic nitrogens is 1. The maximum absolute atomic E-state index is 11.5. The van der Waals surface area contributed by atoms with Crippen molar-refractivity contribution in [2.75, 3.05) is 5.32 Å². The van der Waals surface area contributed by atoms with E-state index < -0.39 is 5.97 Å². The molecule has 0 radical (unpaired) electrons. The van der Waals surface area contributed by atoms with E-state index in [1.54, 1.807) is 6.07 Å². The van der Waals surface area contributed by atoms with E-state index in [-0.39, 0.29) is 18.7 Å². The van der Waals surface area contributed by atoms with E-state index in [4.69, 9.17) is 17.3 Å². The number of carboxylic acid groups (broad SMARTS) is 1. The number of carboxylic acids is 1. The van der Waals surface area contributed by atoms with E-state index in [2.05, 4.69) is 10.3 Å². The molecule has 18 heavy (non-hydrogen) atoms. The Hall–Kier alpha value is -1.73. The first-order valence-corrected chi connectivity index (χ1v) is 6.41. The number of hydrogen-bond donors (Lipinski definition) is 3. The van der Waals surface area contributed by atoms with Gasteiger partial charge >= 0.3 is 5.97 Å². The van der Waals surface area contributed by atoms with Crippen LogP contribution in [0.3, 0.4) is 0 Å². The van der Waals surface area contributed by atoms with Gasteiger partial charge in [0.1, 0.15) is 0 Å². The highest BCUT2D eigenvalue weighted by Crippen LogP contribution is 2.23. The number of anilines is 1. The van der Waals surface area contributed by atoms with Gasteiger partial charge in [-0.05, 0) is 30.4 Å². The molecule has 94 valence electrons. The lowest BCUT2D eigenvalue weighted by Gasteiger charge is -2.03. The van der Waals surface area contributed by atoms with Gasteiger partial charge in [0.05, 0.1) is 16.6 Å². The zero-order valence-electron chi connectivity index (χ0n) is 9.23. The predicted octanol–water partition coefficient (Wildman–Crippen LogP) is 2.76. The Kier molecular flexibility index (Phi) is 3.73. The molecule has 1 aromatic carbocycles. The second-order valence-corrected chi connectivity index (χ2v) is 5.39. The fourth-order valence-electron chi connectivity index (χ4n) is 1.47. The van der Waals surface area contributed by atoms with Crippen LogP contribution in [0.25, 0.3) is 10.2 Å². The lowest BCUT2D eigenvalue weighted by molar-refractivity contribution is -0.138. The highest BCUT2D eigenvalue weighted by Gasteiger charge is 2.06. The number of thiazole rings is 1. The second kappa shape index (κ2) is 5.28. The van der Waals surface area contributed by atoms with Gasteiger partial charge in [0.25, 0.3) is 0 Å². The molecule has 0 atom stereocenters. The van der Waals surface area contributed by atoms with Gasteiger partial charge < -0.3 is 15.4 Å². The molecule has 0 fully saturated rings. The average molecular weight is 282 g/mol. The highest BCUT2D eigenvalue weighted by atomic mass is 32.1. The summed E-state index contributed by atoms with van der Waals surface area (Å²) in [5, 5.41) is 11.1. The molecule has 0 aliphatic carbocycles. The summed E-state index contributed by atoms with van der Waals surface area (Å²) in [4.78, 5) is 24.8. The number of H-pyrrole nitrogens is 1. The van der Waals surface area contributed by atoms with Crippen molar-refractivity contribution in [1.82, 2.24) is 4.98 Å². The Balaban J connectivity index is 2.09. The van der Waals surface area contributed by atoms with Crippen LogP contribution in [0, 0.1) is 3.95 Å². The quantitative estimate of drug-likeness (QED) is 0.753. The van der Waals surface area contributed by atoms with Crippen molar-refractivity contribution in [3.8, 4) is 0 Å². The monoisotopic (exact) mass is 282 g/mol. The van der Waals surface area contributed by atoms with Crippen LogP contribution in [-0.2, 0) is 9.59 Å². The summed E-state index contributed by atoms with van der Waals surface area (Å²) < 4.78 is 1.63. The van der Waals surface area contributed by atoms with Gasteiger partial charge in [0, 0.05) is 12.1 Å². The summed E-state index contributed by atoms with van der Waals surface area (Å²) >= 11 is 6.45. The molecule has 1 heterocycles. The van der Waals surface area contributed by atoms with Gasteiger partial charge in [-0.2, -0.15) is 0 Å². The van der Waals surface area contributed by atoms with Crippen LogP contribution in [0.15, 0.2) is 18.2 Å². The predicted molar refractivity (Wildman–Crippen MR) is 72.5 cm³/mol. The van der Waals surface area contributed by atoms with Gasteiger partial charge in [0.2, 0.25) is 5.91 Å². The smallest absolute Gasteiger partial charge is 0.303 e. The molecule has 0 bridgehead atoms. The van der Waals surface area contributed by atoms with Crippen molar-refractivity contribution in [2.45, 2.75) is 12.8 Å². The summed E-state index contributed by atoms with van der Waals surface area (Å²) in [5.41, 5.74) is 1.57. The normalized spacial score (nSPS) is 10.4. The fraction of sp³-hybridized carbons (Fsp3) is 0.182. The van der Waals surface area contributed by atoms with E-state index in [9.17, 15) is 9.59 Å². The molecule has 0 unspecified atom stereocenters. The third kappa shape index (κ3) is 3.14. The minimum absolute atomic E-state index is 0.0315. The standard InChI is InChI=1S/C11H10N2O3S2/c14-9(3-4-10(15)16)12-6-1-2-7-8(5-6)18-11(17)13-7/h1-2,5H,3-4H2,(H,12,14)(H,13,17)(H,15,16). The van der Waals surface area contributed by atoms with E-state index in [1.165, 1.54) is 11.3 Å². The van der Waals surface area contributed by atoms with Crippen molar-refractivity contribution < 1.29 is 14.7 Å².